The van der Waals surface area contributed by atoms with Crippen molar-refractivity contribution in [3.63, 3.8) is 0 Å². The molecule has 0 bridgehead atoms. The van der Waals surface area contributed by atoms with Crippen molar-refractivity contribution in [1.29, 1.82) is 0 Å². The highest BCUT2D eigenvalue weighted by Gasteiger charge is 2.09. The van der Waals surface area contributed by atoms with E-state index in [1.807, 2.05) is 6.92 Å². The Morgan fingerprint density at radius 2 is 2.44 bits per heavy atom. The molecule has 0 aliphatic heterocycles. The third-order valence-electron chi connectivity index (χ3n) is 1.98. The van der Waals surface area contributed by atoms with Gasteiger partial charge in [-0.15, -0.1) is 0 Å². The molecule has 0 radical (unpaired) electrons. The minimum absolute atomic E-state index is 0.169. The van der Waals surface area contributed by atoms with Crippen molar-refractivity contribution in [3.05, 3.63) is 30.0 Å². The van der Waals surface area contributed by atoms with E-state index in [2.05, 4.69) is 25.5 Å². The third kappa shape index (κ3) is 2.25. The van der Waals surface area contributed by atoms with Gasteiger partial charge in [-0.05, 0) is 0 Å². The number of nitrogens with one attached hydrogen (secondary N) is 2. The van der Waals surface area contributed by atoms with E-state index in [0.717, 1.165) is 12.2 Å². The monoisotopic (exact) mass is 221 g/mol. The van der Waals surface area contributed by atoms with Crippen LogP contribution in [0.3, 0.4) is 0 Å². The van der Waals surface area contributed by atoms with Gasteiger partial charge < -0.3 is 9.73 Å². The molecule has 2 aromatic rings. The molecule has 16 heavy (non-hydrogen) atoms. The van der Waals surface area contributed by atoms with E-state index >= 15 is 0 Å². The minimum atomic E-state index is -0.339. The van der Waals surface area contributed by atoms with E-state index in [1.165, 1.54) is 6.33 Å². The van der Waals surface area contributed by atoms with Crippen molar-refractivity contribution in [2.24, 2.45) is 0 Å². The summed E-state index contributed by atoms with van der Waals surface area (Å²) in [7, 11) is 0. The molecular weight excluding hydrogens is 210 g/mol. The number of oxazole rings is 1. The lowest BCUT2D eigenvalue weighted by atomic mass is 10.4. The predicted octanol–water partition coefficient (Wildman–Crippen LogP) is 0.285. The summed E-state index contributed by atoms with van der Waals surface area (Å²) in [4.78, 5) is 19.2. The Morgan fingerprint density at radius 3 is 3.06 bits per heavy atom. The molecule has 2 aromatic heterocycles. The van der Waals surface area contributed by atoms with Gasteiger partial charge in [0.05, 0.1) is 12.7 Å². The van der Waals surface area contributed by atoms with Gasteiger partial charge >= 0.3 is 0 Å². The Hall–Kier alpha value is -2.18. The average Bonchev–Trinajstić information content (AvgIpc) is 2.96. The maximum Gasteiger partial charge on any atom is 0.289 e. The molecule has 84 valence electrons. The zero-order chi connectivity index (χ0) is 11.4. The lowest BCUT2D eigenvalue weighted by molar-refractivity contribution is 0.0937. The molecular formula is C9H11N5O2. The van der Waals surface area contributed by atoms with Crippen molar-refractivity contribution in [1.82, 2.24) is 25.5 Å². The van der Waals surface area contributed by atoms with Crippen molar-refractivity contribution < 1.29 is 9.21 Å². The molecule has 7 nitrogen and oxygen atoms in total. The molecule has 2 rings (SSSR count). The van der Waals surface area contributed by atoms with Gasteiger partial charge in [-0.3, -0.25) is 9.89 Å². The molecule has 0 aliphatic rings. The molecule has 0 unspecified atom stereocenters. The Balaban J connectivity index is 1.90. The Kier molecular flexibility index (Phi) is 2.95. The highest BCUT2D eigenvalue weighted by molar-refractivity contribution is 5.90. The quantitative estimate of drug-likeness (QED) is 0.773. The topological polar surface area (TPSA) is 96.7 Å². The van der Waals surface area contributed by atoms with Crippen LogP contribution in [0.4, 0.5) is 0 Å². The van der Waals surface area contributed by atoms with Crippen LogP contribution in [0.2, 0.25) is 0 Å². The molecule has 2 heterocycles. The fourth-order valence-corrected chi connectivity index (χ4v) is 1.15. The van der Waals surface area contributed by atoms with Crippen LogP contribution in [0.5, 0.6) is 0 Å². The summed E-state index contributed by atoms with van der Waals surface area (Å²) in [5.74, 6) is 1.10. The summed E-state index contributed by atoms with van der Waals surface area (Å²) < 4.78 is 5.33. The highest BCUT2D eigenvalue weighted by atomic mass is 16.4. The maximum absolute atomic E-state index is 11.4. The second-order valence-electron chi connectivity index (χ2n) is 3.09. The van der Waals surface area contributed by atoms with E-state index < -0.39 is 0 Å². The third-order valence-corrected chi connectivity index (χ3v) is 1.98. The first-order valence-corrected chi connectivity index (χ1v) is 4.86. The van der Waals surface area contributed by atoms with Crippen LogP contribution < -0.4 is 5.32 Å². The minimum Gasteiger partial charge on any atom is -0.444 e. The summed E-state index contributed by atoms with van der Waals surface area (Å²) in [6, 6.07) is 0. The van der Waals surface area contributed by atoms with E-state index in [0.29, 0.717) is 5.89 Å². The second kappa shape index (κ2) is 4.56. The van der Waals surface area contributed by atoms with Crippen molar-refractivity contribution in [2.75, 3.05) is 0 Å². The van der Waals surface area contributed by atoms with Gasteiger partial charge in [0.15, 0.2) is 0 Å². The number of aryl methyl sites for hydroxylation is 1. The van der Waals surface area contributed by atoms with Crippen LogP contribution in [-0.4, -0.2) is 26.1 Å². The molecule has 0 saturated carbocycles. The van der Waals surface area contributed by atoms with Gasteiger partial charge in [-0.25, -0.2) is 9.97 Å². The van der Waals surface area contributed by atoms with Crippen molar-refractivity contribution >= 4 is 5.91 Å². The first kappa shape index (κ1) is 10.3. The van der Waals surface area contributed by atoms with Gasteiger partial charge in [0, 0.05) is 6.42 Å². The molecule has 2 N–H and O–H groups in total. The molecule has 0 saturated heterocycles. The predicted molar refractivity (Wildman–Crippen MR) is 53.4 cm³/mol. The van der Waals surface area contributed by atoms with Crippen LogP contribution in [0.15, 0.2) is 16.9 Å². The first-order valence-electron chi connectivity index (χ1n) is 4.86. The van der Waals surface area contributed by atoms with Crippen LogP contribution in [0.1, 0.15) is 29.2 Å². The molecule has 0 aromatic carbocycles. The summed E-state index contributed by atoms with van der Waals surface area (Å²) in [6.07, 6.45) is 3.70. The van der Waals surface area contributed by atoms with Gasteiger partial charge in [0.1, 0.15) is 12.1 Å². The summed E-state index contributed by atoms with van der Waals surface area (Å²) in [5.41, 5.74) is 0. The largest absolute Gasteiger partial charge is 0.444 e. The lowest BCUT2D eigenvalue weighted by Crippen LogP contribution is -2.24. The summed E-state index contributed by atoms with van der Waals surface area (Å²) in [6.45, 7) is 2.21. The van der Waals surface area contributed by atoms with Crippen LogP contribution in [0, 0.1) is 0 Å². The standard InChI is InChI=1S/C9H11N5O2/c1-2-6-3-10-7(16-6)4-11-9(15)8-12-5-13-14-8/h3,5H,2,4H2,1H3,(H,11,15)(H,12,13,14). The first-order chi connectivity index (χ1) is 7.79. The Bertz CT molecular complexity index is 462. The number of carbonyl (C=O) groups is 1. The molecule has 0 spiro atoms. The fraction of sp³-hybridized carbons (Fsp3) is 0.333. The average molecular weight is 221 g/mol. The molecule has 0 aliphatic carbocycles. The number of aromatic nitrogens is 4. The Labute approximate surface area is 91.3 Å². The number of hydrogen-bond donors (Lipinski definition) is 2. The lowest BCUT2D eigenvalue weighted by Gasteiger charge is -1.98. The zero-order valence-corrected chi connectivity index (χ0v) is 8.73. The van der Waals surface area contributed by atoms with Crippen LogP contribution in [-0.2, 0) is 13.0 Å². The number of rotatable bonds is 4. The van der Waals surface area contributed by atoms with E-state index in [-0.39, 0.29) is 18.3 Å². The second-order valence-corrected chi connectivity index (χ2v) is 3.09. The number of aromatic amines is 1. The number of amides is 1. The molecule has 0 fully saturated rings. The Morgan fingerprint density at radius 1 is 1.56 bits per heavy atom. The molecule has 1 amide bonds. The van der Waals surface area contributed by atoms with Gasteiger partial charge in [-0.1, -0.05) is 6.92 Å². The number of hydrogen-bond acceptors (Lipinski definition) is 5. The number of carbonyl (C=O) groups excluding carboxylic acids is 1. The number of nitrogens with zero attached hydrogens (tertiary/aromatic N) is 3. The normalized spacial score (nSPS) is 10.3. The zero-order valence-electron chi connectivity index (χ0n) is 8.73. The van der Waals surface area contributed by atoms with Gasteiger partial charge in [0.2, 0.25) is 11.7 Å². The van der Waals surface area contributed by atoms with Gasteiger partial charge in [-0.2, -0.15) is 5.10 Å². The number of H-pyrrole nitrogens is 1. The molecule has 7 heteroatoms. The van der Waals surface area contributed by atoms with Crippen molar-refractivity contribution in [3.8, 4) is 0 Å². The van der Waals surface area contributed by atoms with Gasteiger partial charge in [0.25, 0.3) is 5.91 Å². The van der Waals surface area contributed by atoms with Crippen molar-refractivity contribution in [2.45, 2.75) is 19.9 Å². The maximum atomic E-state index is 11.4. The highest BCUT2D eigenvalue weighted by Crippen LogP contribution is 2.03. The van der Waals surface area contributed by atoms with E-state index in [4.69, 9.17) is 4.42 Å². The smallest absolute Gasteiger partial charge is 0.289 e. The summed E-state index contributed by atoms with van der Waals surface area (Å²) >= 11 is 0. The van der Waals surface area contributed by atoms with E-state index in [1.54, 1.807) is 6.20 Å². The van der Waals surface area contributed by atoms with Crippen LogP contribution in [0.25, 0.3) is 0 Å². The summed E-state index contributed by atoms with van der Waals surface area (Å²) in [5, 5.41) is 8.65. The van der Waals surface area contributed by atoms with E-state index in [9.17, 15) is 4.79 Å². The van der Waals surface area contributed by atoms with Crippen LogP contribution >= 0.6 is 0 Å². The fourth-order valence-electron chi connectivity index (χ4n) is 1.15. The SMILES string of the molecule is CCc1cnc(CNC(=O)c2ncn[nH]2)o1. The molecule has 0 atom stereocenters.